The number of methoxy groups -OCH3 is 1. The fourth-order valence-corrected chi connectivity index (χ4v) is 3.89. The zero-order valence-electron chi connectivity index (χ0n) is 13.6. The number of aliphatic hydroxyl groups is 1. The van der Waals surface area contributed by atoms with Crippen LogP contribution in [0.5, 0.6) is 5.75 Å². The fraction of sp³-hybridized carbons (Fsp3) is 0.600. The smallest absolute Gasteiger partial charge is 0.214 e. The molecule has 1 fully saturated rings. The van der Waals surface area contributed by atoms with Gasteiger partial charge in [-0.2, -0.15) is 0 Å². The molecule has 6 nitrogen and oxygen atoms in total. The molecule has 8 heteroatoms. The summed E-state index contributed by atoms with van der Waals surface area (Å²) in [6, 6.07) is 4.72. The Balaban J connectivity index is 2.00. The summed E-state index contributed by atoms with van der Waals surface area (Å²) in [5.41, 5.74) is 0.756. The number of β-amino-alcohol motifs (C(OH)–C–C–N with tert-alkyl or cyclic N) is 1. The van der Waals surface area contributed by atoms with Gasteiger partial charge in [-0.25, -0.2) is 17.1 Å². The van der Waals surface area contributed by atoms with Gasteiger partial charge >= 0.3 is 0 Å². The molecule has 1 saturated heterocycles. The van der Waals surface area contributed by atoms with Gasteiger partial charge in [0.05, 0.1) is 19.0 Å². The van der Waals surface area contributed by atoms with Crippen molar-refractivity contribution in [3.8, 4) is 5.75 Å². The van der Waals surface area contributed by atoms with Gasteiger partial charge in [0.25, 0.3) is 0 Å². The predicted octanol–water partition coefficient (Wildman–Crippen LogP) is 0.518. The molecule has 1 aliphatic rings. The van der Waals surface area contributed by atoms with Crippen LogP contribution in [0, 0.1) is 11.7 Å². The number of sulfonamides is 1. The minimum Gasteiger partial charge on any atom is -0.494 e. The number of benzene rings is 1. The van der Waals surface area contributed by atoms with Crippen molar-refractivity contribution in [2.75, 3.05) is 40.0 Å². The molecule has 0 unspecified atom stereocenters. The highest BCUT2D eigenvalue weighted by Crippen LogP contribution is 2.23. The average Bonchev–Trinajstić information content (AvgIpc) is 2.78. The molecule has 0 bridgehead atoms. The maximum Gasteiger partial charge on any atom is 0.214 e. The van der Waals surface area contributed by atoms with Crippen LogP contribution in [0.3, 0.4) is 0 Å². The molecule has 23 heavy (non-hydrogen) atoms. The largest absolute Gasteiger partial charge is 0.494 e. The van der Waals surface area contributed by atoms with E-state index in [9.17, 15) is 17.9 Å². The van der Waals surface area contributed by atoms with Crippen molar-refractivity contribution in [2.45, 2.75) is 12.6 Å². The van der Waals surface area contributed by atoms with Crippen molar-refractivity contribution in [3.05, 3.63) is 29.6 Å². The van der Waals surface area contributed by atoms with Crippen LogP contribution in [0.25, 0.3) is 0 Å². The Hall–Kier alpha value is -1.22. The van der Waals surface area contributed by atoms with Gasteiger partial charge in [-0.15, -0.1) is 0 Å². The Morgan fingerprint density at radius 1 is 1.39 bits per heavy atom. The molecular weight excluding hydrogens is 323 g/mol. The minimum absolute atomic E-state index is 0.0887. The van der Waals surface area contributed by atoms with Crippen molar-refractivity contribution in [1.82, 2.24) is 9.21 Å². The van der Waals surface area contributed by atoms with Gasteiger partial charge in [0.2, 0.25) is 10.0 Å². The lowest BCUT2D eigenvalue weighted by Crippen LogP contribution is -2.33. The quantitative estimate of drug-likeness (QED) is 0.813. The first-order chi connectivity index (χ1) is 10.7. The van der Waals surface area contributed by atoms with Gasteiger partial charge in [0, 0.05) is 39.6 Å². The maximum atomic E-state index is 13.7. The molecule has 0 amide bonds. The summed E-state index contributed by atoms with van der Waals surface area (Å²) in [6.07, 6.45) is -0.701. The zero-order valence-corrected chi connectivity index (χ0v) is 14.4. The molecule has 1 aromatic rings. The van der Waals surface area contributed by atoms with Crippen LogP contribution in [-0.2, 0) is 16.6 Å². The Bertz CT molecular complexity index is 651. The molecule has 1 heterocycles. The van der Waals surface area contributed by atoms with Crippen molar-refractivity contribution in [1.29, 1.82) is 0 Å². The Morgan fingerprint density at radius 3 is 2.65 bits per heavy atom. The lowest BCUT2D eigenvalue weighted by molar-refractivity contribution is 0.148. The molecule has 2 rings (SSSR count). The summed E-state index contributed by atoms with van der Waals surface area (Å²) < 4.78 is 43.7. The maximum absolute atomic E-state index is 13.7. The SMILES string of the molecule is COc1ccc(CN2C[C@@H](CS(=O)(=O)N(C)C)[C@H](O)C2)cc1F. The van der Waals surface area contributed by atoms with E-state index >= 15 is 0 Å². The highest BCUT2D eigenvalue weighted by Gasteiger charge is 2.35. The van der Waals surface area contributed by atoms with Crippen LogP contribution in [-0.4, -0.2) is 68.9 Å². The number of ether oxygens (including phenoxy) is 1. The van der Waals surface area contributed by atoms with Crippen molar-refractivity contribution in [3.63, 3.8) is 0 Å². The molecule has 2 atom stereocenters. The molecule has 1 aromatic carbocycles. The number of aliphatic hydroxyl groups excluding tert-OH is 1. The molecule has 0 aromatic heterocycles. The highest BCUT2D eigenvalue weighted by molar-refractivity contribution is 7.89. The fourth-order valence-electron chi connectivity index (χ4n) is 2.72. The third kappa shape index (κ3) is 4.41. The lowest BCUT2D eigenvalue weighted by Gasteiger charge is -2.18. The van der Waals surface area contributed by atoms with E-state index in [0.29, 0.717) is 19.6 Å². The summed E-state index contributed by atoms with van der Waals surface area (Å²) in [5, 5.41) is 10.1. The second-order valence-corrected chi connectivity index (χ2v) is 8.28. The average molecular weight is 346 g/mol. The highest BCUT2D eigenvalue weighted by atomic mass is 32.2. The van der Waals surface area contributed by atoms with Crippen LogP contribution in [0.4, 0.5) is 4.39 Å². The van der Waals surface area contributed by atoms with Gasteiger partial charge in [0.1, 0.15) is 0 Å². The summed E-state index contributed by atoms with van der Waals surface area (Å²) in [6.45, 7) is 1.29. The summed E-state index contributed by atoms with van der Waals surface area (Å²) >= 11 is 0. The number of hydrogen-bond acceptors (Lipinski definition) is 5. The van der Waals surface area contributed by atoms with E-state index in [1.165, 1.54) is 31.6 Å². The van der Waals surface area contributed by atoms with E-state index in [2.05, 4.69) is 0 Å². The van der Waals surface area contributed by atoms with E-state index in [-0.39, 0.29) is 17.4 Å². The van der Waals surface area contributed by atoms with Gasteiger partial charge in [-0.3, -0.25) is 4.90 Å². The van der Waals surface area contributed by atoms with E-state index in [1.54, 1.807) is 12.1 Å². The van der Waals surface area contributed by atoms with Crippen LogP contribution < -0.4 is 4.74 Å². The van der Waals surface area contributed by atoms with Crippen molar-refractivity contribution >= 4 is 10.0 Å². The van der Waals surface area contributed by atoms with Crippen molar-refractivity contribution < 1.29 is 22.7 Å². The van der Waals surface area contributed by atoms with Crippen LogP contribution in [0.15, 0.2) is 18.2 Å². The molecule has 130 valence electrons. The molecule has 0 spiro atoms. The first-order valence-electron chi connectivity index (χ1n) is 7.36. The van der Waals surface area contributed by atoms with Crippen LogP contribution >= 0.6 is 0 Å². The first-order valence-corrected chi connectivity index (χ1v) is 8.97. The third-order valence-corrected chi connectivity index (χ3v) is 6.05. The topological polar surface area (TPSA) is 70.1 Å². The van der Waals surface area contributed by atoms with Crippen molar-refractivity contribution in [2.24, 2.45) is 5.92 Å². The zero-order chi connectivity index (χ0) is 17.2. The predicted molar refractivity (Wildman–Crippen MR) is 85.2 cm³/mol. The van der Waals surface area contributed by atoms with E-state index in [4.69, 9.17) is 4.74 Å². The van der Waals surface area contributed by atoms with Gasteiger partial charge < -0.3 is 9.84 Å². The van der Waals surface area contributed by atoms with Gasteiger partial charge in [-0.05, 0) is 17.7 Å². The summed E-state index contributed by atoms with van der Waals surface area (Å²) in [4.78, 5) is 1.93. The van der Waals surface area contributed by atoms with E-state index in [1.807, 2.05) is 4.90 Å². The normalized spacial score (nSPS) is 22.7. The number of likely N-dealkylation sites (tertiary alicyclic amines) is 1. The number of nitrogens with zero attached hydrogens (tertiary/aromatic N) is 2. The molecule has 0 saturated carbocycles. The van der Waals surface area contributed by atoms with Gasteiger partial charge in [-0.1, -0.05) is 6.07 Å². The standard InChI is InChI=1S/C15H23FN2O4S/c1-17(2)23(20,21)10-12-8-18(9-14(12)19)7-11-4-5-15(22-3)13(16)6-11/h4-6,12,14,19H,7-10H2,1-3H3/t12-,14+/m0/s1. The number of hydrogen-bond donors (Lipinski definition) is 1. The van der Waals surface area contributed by atoms with Gasteiger partial charge in [0.15, 0.2) is 11.6 Å². The minimum atomic E-state index is -3.36. The number of rotatable bonds is 6. The molecule has 0 aliphatic carbocycles. The van der Waals surface area contributed by atoms with E-state index < -0.39 is 21.9 Å². The summed E-state index contributed by atoms with van der Waals surface area (Å²) in [7, 11) is 1.01. The third-order valence-electron chi connectivity index (χ3n) is 4.09. The molecule has 0 radical (unpaired) electrons. The second-order valence-electron chi connectivity index (χ2n) is 6.05. The number of halogens is 1. The van der Waals surface area contributed by atoms with E-state index in [0.717, 1.165) is 5.56 Å². The Kier molecular flexibility index (Phi) is 5.61. The van der Waals surface area contributed by atoms with Crippen LogP contribution in [0.1, 0.15) is 5.56 Å². The molecular formula is C15H23FN2O4S. The molecule has 1 aliphatic heterocycles. The Morgan fingerprint density at radius 2 is 2.09 bits per heavy atom. The van der Waals surface area contributed by atoms with Crippen LogP contribution in [0.2, 0.25) is 0 Å². The first kappa shape index (κ1) is 18.1. The summed E-state index contributed by atoms with van der Waals surface area (Å²) in [5.74, 6) is -0.679. The monoisotopic (exact) mass is 346 g/mol. The molecule has 1 N–H and O–H groups in total. The Labute approximate surface area is 136 Å². The lowest BCUT2D eigenvalue weighted by atomic mass is 10.1. The second kappa shape index (κ2) is 7.12.